The Labute approximate surface area is 98.6 Å². The molecule has 1 fully saturated rings. The highest BCUT2D eigenvalue weighted by Crippen LogP contribution is 2.45. The number of hydrogen-bond donors (Lipinski definition) is 0. The quantitative estimate of drug-likeness (QED) is 0.612. The minimum Gasteiger partial charge on any atom is -0.295 e. The van der Waals surface area contributed by atoms with Gasteiger partial charge >= 0.3 is 0 Å². The van der Waals surface area contributed by atoms with Crippen LogP contribution in [0.3, 0.4) is 0 Å². The molecule has 1 heteroatoms. The van der Waals surface area contributed by atoms with Crippen LogP contribution in [-0.4, -0.2) is 5.78 Å². The van der Waals surface area contributed by atoms with Gasteiger partial charge in [0.05, 0.1) is 0 Å². The fourth-order valence-electron chi connectivity index (χ4n) is 3.20. The zero-order chi connectivity index (χ0) is 11.9. The minimum atomic E-state index is 0.206. The van der Waals surface area contributed by atoms with Crippen LogP contribution in [0.4, 0.5) is 0 Å². The summed E-state index contributed by atoms with van der Waals surface area (Å²) in [5.41, 5.74) is 2.73. The van der Waals surface area contributed by atoms with Crippen molar-refractivity contribution in [1.29, 1.82) is 0 Å². The normalized spacial score (nSPS) is 38.9. The van der Waals surface area contributed by atoms with E-state index in [0.717, 1.165) is 6.42 Å². The molecule has 0 saturated heterocycles. The van der Waals surface area contributed by atoms with Gasteiger partial charge in [-0.15, -0.1) is 0 Å². The van der Waals surface area contributed by atoms with E-state index in [2.05, 4.69) is 27.4 Å². The molecule has 88 valence electrons. The highest BCUT2D eigenvalue weighted by atomic mass is 16.1. The van der Waals surface area contributed by atoms with Gasteiger partial charge in [-0.25, -0.2) is 0 Å². The molecule has 1 saturated carbocycles. The lowest BCUT2D eigenvalue weighted by Crippen LogP contribution is -2.34. The van der Waals surface area contributed by atoms with Crippen molar-refractivity contribution in [3.63, 3.8) is 0 Å². The number of rotatable bonds is 1. The molecule has 4 atom stereocenters. The summed E-state index contributed by atoms with van der Waals surface area (Å²) < 4.78 is 0. The standard InChI is InChI=1S/C15H22O/c1-9(2)12-5-6-13-8-15(16)11(4)10(3)14(13)7-12/h8,10-12,14H,1,5-7H2,2-4H3/t10?,11-,12?,14?/m0/s1. The molecular weight excluding hydrogens is 196 g/mol. The summed E-state index contributed by atoms with van der Waals surface area (Å²) in [5, 5.41) is 0. The van der Waals surface area contributed by atoms with Crippen LogP contribution < -0.4 is 0 Å². The Morgan fingerprint density at radius 3 is 2.75 bits per heavy atom. The molecule has 0 aromatic heterocycles. The fourth-order valence-corrected chi connectivity index (χ4v) is 3.20. The number of allylic oxidation sites excluding steroid dienone is 3. The third kappa shape index (κ3) is 1.88. The van der Waals surface area contributed by atoms with Crippen molar-refractivity contribution in [2.75, 3.05) is 0 Å². The molecule has 16 heavy (non-hydrogen) atoms. The first-order valence-corrected chi connectivity index (χ1v) is 6.40. The summed E-state index contributed by atoms with van der Waals surface area (Å²) in [5.74, 6) is 2.35. The molecule has 0 spiro atoms. The van der Waals surface area contributed by atoms with Gasteiger partial charge in [-0.1, -0.05) is 31.6 Å². The molecular formula is C15H22O. The van der Waals surface area contributed by atoms with E-state index >= 15 is 0 Å². The molecule has 0 radical (unpaired) electrons. The second kappa shape index (κ2) is 4.20. The van der Waals surface area contributed by atoms with Crippen LogP contribution in [0, 0.1) is 23.7 Å². The topological polar surface area (TPSA) is 17.1 Å². The van der Waals surface area contributed by atoms with Crippen molar-refractivity contribution in [2.24, 2.45) is 23.7 Å². The van der Waals surface area contributed by atoms with E-state index in [1.165, 1.54) is 24.0 Å². The van der Waals surface area contributed by atoms with Gasteiger partial charge in [0.25, 0.3) is 0 Å². The summed E-state index contributed by atoms with van der Waals surface area (Å²) >= 11 is 0. The van der Waals surface area contributed by atoms with Crippen molar-refractivity contribution >= 4 is 5.78 Å². The molecule has 2 rings (SSSR count). The lowest BCUT2D eigenvalue weighted by atomic mass is 9.64. The van der Waals surface area contributed by atoms with E-state index in [0.29, 0.717) is 23.5 Å². The monoisotopic (exact) mass is 218 g/mol. The summed E-state index contributed by atoms with van der Waals surface area (Å²) in [7, 11) is 0. The summed E-state index contributed by atoms with van der Waals surface area (Å²) in [6.07, 6.45) is 5.43. The molecule has 0 bridgehead atoms. The van der Waals surface area contributed by atoms with Crippen LogP contribution >= 0.6 is 0 Å². The Morgan fingerprint density at radius 1 is 1.44 bits per heavy atom. The Morgan fingerprint density at radius 2 is 2.12 bits per heavy atom. The number of carbonyl (C=O) groups is 1. The van der Waals surface area contributed by atoms with Gasteiger partial charge in [0, 0.05) is 5.92 Å². The average molecular weight is 218 g/mol. The van der Waals surface area contributed by atoms with Crippen LogP contribution in [0.2, 0.25) is 0 Å². The first-order chi connectivity index (χ1) is 7.50. The van der Waals surface area contributed by atoms with Gasteiger partial charge in [0.1, 0.15) is 0 Å². The van der Waals surface area contributed by atoms with Crippen molar-refractivity contribution in [3.8, 4) is 0 Å². The predicted octanol–water partition coefficient (Wildman–Crippen LogP) is 3.76. The van der Waals surface area contributed by atoms with Gasteiger partial charge in [0.2, 0.25) is 0 Å². The van der Waals surface area contributed by atoms with E-state index in [1.807, 2.05) is 6.08 Å². The maximum Gasteiger partial charge on any atom is 0.158 e. The maximum absolute atomic E-state index is 11.8. The van der Waals surface area contributed by atoms with Crippen LogP contribution in [0.15, 0.2) is 23.8 Å². The second-order valence-electron chi connectivity index (χ2n) is 5.69. The molecule has 0 aliphatic heterocycles. The van der Waals surface area contributed by atoms with Crippen molar-refractivity contribution in [1.82, 2.24) is 0 Å². The number of hydrogen-bond acceptors (Lipinski definition) is 1. The van der Waals surface area contributed by atoms with Crippen molar-refractivity contribution in [2.45, 2.75) is 40.0 Å². The van der Waals surface area contributed by atoms with Gasteiger partial charge in [0.15, 0.2) is 5.78 Å². The van der Waals surface area contributed by atoms with E-state index in [-0.39, 0.29) is 5.92 Å². The van der Waals surface area contributed by atoms with E-state index in [1.54, 1.807) is 0 Å². The van der Waals surface area contributed by atoms with Crippen molar-refractivity contribution < 1.29 is 4.79 Å². The molecule has 0 amide bonds. The van der Waals surface area contributed by atoms with Crippen LogP contribution in [0.25, 0.3) is 0 Å². The van der Waals surface area contributed by atoms with Crippen molar-refractivity contribution in [3.05, 3.63) is 23.8 Å². The third-order valence-corrected chi connectivity index (χ3v) is 4.69. The zero-order valence-electron chi connectivity index (χ0n) is 10.6. The van der Waals surface area contributed by atoms with E-state index in [9.17, 15) is 4.79 Å². The average Bonchev–Trinajstić information content (AvgIpc) is 2.25. The first kappa shape index (κ1) is 11.6. The molecule has 0 aromatic rings. The van der Waals surface area contributed by atoms with Gasteiger partial charge in [-0.05, 0) is 50.0 Å². The molecule has 2 aliphatic rings. The predicted molar refractivity (Wildman–Crippen MR) is 67.1 cm³/mol. The molecule has 0 aromatic carbocycles. The smallest absolute Gasteiger partial charge is 0.158 e. The highest BCUT2D eigenvalue weighted by molar-refractivity contribution is 5.93. The van der Waals surface area contributed by atoms with Gasteiger partial charge in [-0.3, -0.25) is 4.79 Å². The summed E-state index contributed by atoms with van der Waals surface area (Å²) in [6, 6.07) is 0. The number of ketones is 1. The SMILES string of the molecule is C=C(C)C1CCC2=CC(=O)[C@@H](C)C(C)C2C1. The Balaban J connectivity index is 2.22. The Bertz CT molecular complexity index is 350. The third-order valence-electron chi connectivity index (χ3n) is 4.69. The lowest BCUT2D eigenvalue weighted by molar-refractivity contribution is -0.120. The summed E-state index contributed by atoms with van der Waals surface area (Å²) in [4.78, 5) is 11.8. The first-order valence-electron chi connectivity index (χ1n) is 6.40. The number of fused-ring (bicyclic) bond motifs is 1. The molecule has 0 heterocycles. The summed E-state index contributed by atoms with van der Waals surface area (Å²) in [6.45, 7) is 10.5. The van der Waals surface area contributed by atoms with Gasteiger partial charge < -0.3 is 0 Å². The fraction of sp³-hybridized carbons (Fsp3) is 0.667. The van der Waals surface area contributed by atoms with Crippen LogP contribution in [0.1, 0.15) is 40.0 Å². The van der Waals surface area contributed by atoms with E-state index < -0.39 is 0 Å². The largest absolute Gasteiger partial charge is 0.295 e. The van der Waals surface area contributed by atoms with Crippen LogP contribution in [-0.2, 0) is 4.79 Å². The van der Waals surface area contributed by atoms with Crippen LogP contribution in [0.5, 0.6) is 0 Å². The second-order valence-corrected chi connectivity index (χ2v) is 5.69. The molecule has 0 N–H and O–H groups in total. The van der Waals surface area contributed by atoms with E-state index in [4.69, 9.17) is 0 Å². The Hall–Kier alpha value is -0.850. The highest BCUT2D eigenvalue weighted by Gasteiger charge is 2.37. The molecule has 1 nitrogen and oxygen atoms in total. The zero-order valence-corrected chi connectivity index (χ0v) is 10.6. The lowest BCUT2D eigenvalue weighted by Gasteiger charge is -2.40. The molecule has 3 unspecified atom stereocenters. The number of carbonyl (C=O) groups excluding carboxylic acids is 1. The Kier molecular flexibility index (Phi) is 3.05. The molecule has 2 aliphatic carbocycles. The maximum atomic E-state index is 11.8. The minimum absolute atomic E-state index is 0.206. The van der Waals surface area contributed by atoms with Gasteiger partial charge in [-0.2, -0.15) is 0 Å².